The van der Waals surface area contributed by atoms with Crippen LogP contribution in [0.3, 0.4) is 0 Å². The molecule has 1 unspecified atom stereocenters. The predicted molar refractivity (Wildman–Crippen MR) is 60.7 cm³/mol. The van der Waals surface area contributed by atoms with E-state index in [1.165, 1.54) is 25.1 Å². The zero-order valence-electron chi connectivity index (χ0n) is 8.71. The number of aromatic nitrogens is 1. The Balaban J connectivity index is 2.52. The molecule has 6 nitrogen and oxygen atoms in total. The molecule has 1 atom stereocenters. The van der Waals surface area contributed by atoms with Gasteiger partial charge in [0.25, 0.3) is 0 Å². The second kappa shape index (κ2) is 5.80. The second-order valence-electron chi connectivity index (χ2n) is 2.93. The summed E-state index contributed by atoms with van der Waals surface area (Å²) in [5.74, 6) is -0.300. The highest BCUT2D eigenvalue weighted by molar-refractivity contribution is 8.01. The third-order valence-electron chi connectivity index (χ3n) is 1.64. The lowest BCUT2D eigenvalue weighted by Gasteiger charge is -2.06. The molecule has 0 bridgehead atoms. The van der Waals surface area contributed by atoms with Gasteiger partial charge in [-0.15, -0.1) is 0 Å². The van der Waals surface area contributed by atoms with E-state index in [1.807, 2.05) is 6.92 Å². The molecule has 0 aliphatic carbocycles. The number of ether oxygens (including phenoxy) is 1. The van der Waals surface area contributed by atoms with Gasteiger partial charge in [-0.05, 0) is 11.3 Å². The van der Waals surface area contributed by atoms with E-state index in [2.05, 4.69) is 9.72 Å². The highest BCUT2D eigenvalue weighted by Gasteiger charge is 2.16. The number of esters is 1. The SMILES string of the molecule is COC(=O)CC(C)Sc1ncc([N+](=O)[O-])s1. The number of carbonyl (C=O) groups excluding carboxylic acids is 1. The van der Waals surface area contributed by atoms with E-state index >= 15 is 0 Å². The van der Waals surface area contributed by atoms with Gasteiger partial charge in [-0.25, -0.2) is 4.98 Å². The molecule has 1 heterocycles. The summed E-state index contributed by atoms with van der Waals surface area (Å²) in [6.07, 6.45) is 1.48. The maximum absolute atomic E-state index is 11.0. The van der Waals surface area contributed by atoms with Crippen LogP contribution in [-0.2, 0) is 9.53 Å². The number of hydrogen-bond acceptors (Lipinski definition) is 7. The lowest BCUT2D eigenvalue weighted by molar-refractivity contribution is -0.380. The first-order valence-corrected chi connectivity index (χ1v) is 6.06. The van der Waals surface area contributed by atoms with Gasteiger partial charge in [0.15, 0.2) is 4.34 Å². The summed E-state index contributed by atoms with van der Waals surface area (Å²) in [5, 5.41) is 10.4. The Labute approximate surface area is 100 Å². The van der Waals surface area contributed by atoms with E-state index in [0.29, 0.717) is 4.34 Å². The second-order valence-corrected chi connectivity index (χ2v) is 5.62. The van der Waals surface area contributed by atoms with Gasteiger partial charge in [0.2, 0.25) is 0 Å². The number of methoxy groups -OCH3 is 1. The first kappa shape index (κ1) is 12.9. The average molecular weight is 262 g/mol. The number of thioether (sulfide) groups is 1. The Hall–Kier alpha value is -1.15. The zero-order valence-corrected chi connectivity index (χ0v) is 10.3. The molecular weight excluding hydrogens is 252 g/mol. The molecule has 0 aliphatic heterocycles. The quantitative estimate of drug-likeness (QED) is 0.350. The summed E-state index contributed by atoms with van der Waals surface area (Å²) in [6.45, 7) is 1.84. The molecule has 0 fully saturated rings. The van der Waals surface area contributed by atoms with Gasteiger partial charge in [-0.3, -0.25) is 14.9 Å². The van der Waals surface area contributed by atoms with E-state index in [1.54, 1.807) is 0 Å². The first-order chi connectivity index (χ1) is 7.52. The van der Waals surface area contributed by atoms with E-state index in [0.717, 1.165) is 11.3 Å². The van der Waals surface area contributed by atoms with Crippen molar-refractivity contribution in [2.24, 2.45) is 0 Å². The van der Waals surface area contributed by atoms with Gasteiger partial charge in [0, 0.05) is 5.25 Å². The molecule has 0 aliphatic rings. The zero-order chi connectivity index (χ0) is 12.1. The van der Waals surface area contributed by atoms with Gasteiger partial charge in [0.1, 0.15) is 6.20 Å². The minimum absolute atomic E-state index is 0.00719. The van der Waals surface area contributed by atoms with Crippen LogP contribution in [0.4, 0.5) is 5.00 Å². The number of nitro groups is 1. The third kappa shape index (κ3) is 3.78. The number of rotatable bonds is 5. The molecule has 0 saturated carbocycles. The van der Waals surface area contributed by atoms with Crippen LogP contribution in [-0.4, -0.2) is 28.2 Å². The van der Waals surface area contributed by atoms with E-state index in [9.17, 15) is 14.9 Å². The molecule has 16 heavy (non-hydrogen) atoms. The number of hydrogen-bond donors (Lipinski definition) is 0. The van der Waals surface area contributed by atoms with Crippen LogP contribution in [0.5, 0.6) is 0 Å². The van der Waals surface area contributed by atoms with Crippen molar-refractivity contribution in [2.75, 3.05) is 7.11 Å². The largest absolute Gasteiger partial charge is 0.469 e. The maximum atomic E-state index is 11.0. The predicted octanol–water partition coefficient (Wildman–Crippen LogP) is 2.09. The number of carbonyl (C=O) groups is 1. The molecule has 1 aromatic heterocycles. The molecule has 0 radical (unpaired) electrons. The van der Waals surface area contributed by atoms with Crippen LogP contribution in [0, 0.1) is 10.1 Å². The smallest absolute Gasteiger partial charge is 0.344 e. The van der Waals surface area contributed by atoms with Crippen molar-refractivity contribution in [3.05, 3.63) is 16.3 Å². The molecule has 1 aromatic rings. The Bertz CT molecular complexity index is 393. The minimum atomic E-state index is -0.479. The van der Waals surface area contributed by atoms with E-state index in [4.69, 9.17) is 0 Å². The fourth-order valence-corrected chi connectivity index (χ4v) is 3.00. The molecule has 88 valence electrons. The van der Waals surface area contributed by atoms with Gasteiger partial charge >= 0.3 is 11.0 Å². The normalized spacial score (nSPS) is 12.1. The first-order valence-electron chi connectivity index (χ1n) is 4.36. The molecule has 0 amide bonds. The lowest BCUT2D eigenvalue weighted by Crippen LogP contribution is -2.08. The van der Waals surface area contributed by atoms with Crippen molar-refractivity contribution in [3.63, 3.8) is 0 Å². The maximum Gasteiger partial charge on any atom is 0.344 e. The summed E-state index contributed by atoms with van der Waals surface area (Å²) in [6, 6.07) is 0. The van der Waals surface area contributed by atoms with Crippen molar-refractivity contribution in [3.8, 4) is 0 Å². The summed E-state index contributed by atoms with van der Waals surface area (Å²) in [5.41, 5.74) is 0. The van der Waals surface area contributed by atoms with Gasteiger partial charge < -0.3 is 4.74 Å². The van der Waals surface area contributed by atoms with E-state index < -0.39 is 4.92 Å². The standard InChI is InChI=1S/C8H10N2O4S2/c1-5(3-7(11)14-2)15-8-9-4-6(16-8)10(12)13/h4-5H,3H2,1-2H3. The number of nitrogens with zero attached hydrogens (tertiary/aromatic N) is 2. The third-order valence-corrected chi connectivity index (χ3v) is 3.79. The van der Waals surface area contributed by atoms with Crippen molar-refractivity contribution in [2.45, 2.75) is 22.9 Å². The molecule has 1 rings (SSSR count). The van der Waals surface area contributed by atoms with Crippen molar-refractivity contribution >= 4 is 34.1 Å². The Morgan fingerprint density at radius 2 is 2.50 bits per heavy atom. The van der Waals surface area contributed by atoms with Gasteiger partial charge in [-0.2, -0.15) is 0 Å². The van der Waals surface area contributed by atoms with Gasteiger partial charge in [-0.1, -0.05) is 18.7 Å². The summed E-state index contributed by atoms with van der Waals surface area (Å²) >= 11 is 2.33. The Kier molecular flexibility index (Phi) is 4.69. The molecule has 0 spiro atoms. The van der Waals surface area contributed by atoms with Crippen LogP contribution in [0.2, 0.25) is 0 Å². The van der Waals surface area contributed by atoms with Gasteiger partial charge in [0.05, 0.1) is 18.5 Å². The summed E-state index contributed by atoms with van der Waals surface area (Å²) in [4.78, 5) is 24.8. The highest BCUT2D eigenvalue weighted by atomic mass is 32.2. The summed E-state index contributed by atoms with van der Waals surface area (Å²) in [7, 11) is 1.33. The van der Waals surface area contributed by atoms with E-state index in [-0.39, 0.29) is 22.6 Å². The fraction of sp³-hybridized carbons (Fsp3) is 0.500. The minimum Gasteiger partial charge on any atom is -0.469 e. The highest BCUT2D eigenvalue weighted by Crippen LogP contribution is 2.32. The van der Waals surface area contributed by atoms with Crippen LogP contribution in [0.1, 0.15) is 13.3 Å². The van der Waals surface area contributed by atoms with Crippen LogP contribution < -0.4 is 0 Å². The van der Waals surface area contributed by atoms with Crippen LogP contribution in [0.15, 0.2) is 10.5 Å². The molecule has 0 saturated heterocycles. The number of thiazole rings is 1. The summed E-state index contributed by atoms with van der Waals surface area (Å²) < 4.78 is 5.11. The topological polar surface area (TPSA) is 82.3 Å². The monoisotopic (exact) mass is 262 g/mol. The van der Waals surface area contributed by atoms with Crippen molar-refractivity contribution in [1.29, 1.82) is 0 Å². The van der Waals surface area contributed by atoms with Crippen molar-refractivity contribution < 1.29 is 14.5 Å². The molecule has 0 aromatic carbocycles. The Morgan fingerprint density at radius 1 is 1.81 bits per heavy atom. The van der Waals surface area contributed by atoms with Crippen molar-refractivity contribution in [1.82, 2.24) is 4.98 Å². The van der Waals surface area contributed by atoms with Crippen LogP contribution in [0.25, 0.3) is 0 Å². The molecule has 8 heteroatoms. The fourth-order valence-electron chi connectivity index (χ4n) is 0.921. The molecular formula is C8H10N2O4S2. The van der Waals surface area contributed by atoms with Crippen LogP contribution >= 0.6 is 23.1 Å². The average Bonchev–Trinajstić information content (AvgIpc) is 2.65. The lowest BCUT2D eigenvalue weighted by atomic mass is 10.3. The molecule has 0 N–H and O–H groups in total. The Morgan fingerprint density at radius 3 is 3.00 bits per heavy atom.